The molecule has 0 N–H and O–H groups in total. The zero-order valence-corrected chi connectivity index (χ0v) is 17.2. The lowest BCUT2D eigenvalue weighted by molar-refractivity contribution is -0.143. The minimum absolute atomic E-state index is 0.0127. The van der Waals surface area contributed by atoms with Gasteiger partial charge >= 0.3 is 0 Å². The highest BCUT2D eigenvalue weighted by Gasteiger charge is 2.26. The zero-order chi connectivity index (χ0) is 20.2. The zero-order valence-electron chi connectivity index (χ0n) is 16.3. The molecule has 8 heteroatoms. The number of amides is 1. The summed E-state index contributed by atoms with van der Waals surface area (Å²) >= 11 is 0. The molecule has 1 aromatic rings. The second-order valence-corrected chi connectivity index (χ2v) is 9.11. The maximum absolute atomic E-state index is 12.6. The molecular formula is C19H28N2O5S. The first-order chi connectivity index (χ1) is 12.6. The second-order valence-electron chi connectivity index (χ2n) is 7.07. The molecular weight excluding hydrogens is 368 g/mol. The smallest absolute Gasteiger partial charge is 0.242 e. The summed E-state index contributed by atoms with van der Waals surface area (Å²) in [5.74, 6) is -0.0915. The number of morpholine rings is 1. The molecule has 1 heterocycles. The number of Topliss-reactive ketones (excluding diaryl/α,β-unsaturated/α-hetero) is 1. The number of ketones is 1. The topological polar surface area (TPSA) is 84.0 Å². The Balaban J connectivity index is 1.89. The van der Waals surface area contributed by atoms with Crippen molar-refractivity contribution in [3.63, 3.8) is 0 Å². The van der Waals surface area contributed by atoms with E-state index in [9.17, 15) is 18.0 Å². The predicted molar refractivity (Wildman–Crippen MR) is 102 cm³/mol. The molecule has 0 spiro atoms. The van der Waals surface area contributed by atoms with Crippen LogP contribution in [0.2, 0.25) is 0 Å². The van der Waals surface area contributed by atoms with Crippen LogP contribution in [0.3, 0.4) is 0 Å². The van der Waals surface area contributed by atoms with E-state index in [1.165, 1.54) is 42.5 Å². The molecule has 2 atom stereocenters. The maximum Gasteiger partial charge on any atom is 0.242 e. The Morgan fingerprint density at radius 1 is 1.15 bits per heavy atom. The van der Waals surface area contributed by atoms with Crippen molar-refractivity contribution in [2.75, 3.05) is 26.7 Å². The van der Waals surface area contributed by atoms with E-state index in [0.29, 0.717) is 31.5 Å². The molecule has 0 radical (unpaired) electrons. The van der Waals surface area contributed by atoms with Gasteiger partial charge in [-0.25, -0.2) is 12.7 Å². The van der Waals surface area contributed by atoms with Crippen LogP contribution in [0.15, 0.2) is 29.2 Å². The van der Waals surface area contributed by atoms with Gasteiger partial charge in [-0.1, -0.05) is 12.1 Å². The fraction of sp³-hybridized carbons (Fsp3) is 0.579. The van der Waals surface area contributed by atoms with Crippen LogP contribution in [0.4, 0.5) is 0 Å². The summed E-state index contributed by atoms with van der Waals surface area (Å²) < 4.78 is 32.1. The van der Waals surface area contributed by atoms with Crippen LogP contribution in [0.25, 0.3) is 0 Å². The van der Waals surface area contributed by atoms with Crippen molar-refractivity contribution in [1.82, 2.24) is 9.21 Å². The van der Waals surface area contributed by atoms with Crippen molar-refractivity contribution in [2.24, 2.45) is 0 Å². The summed E-state index contributed by atoms with van der Waals surface area (Å²) in [7, 11) is -2.15. The van der Waals surface area contributed by atoms with Crippen LogP contribution >= 0.6 is 0 Å². The van der Waals surface area contributed by atoms with Gasteiger partial charge < -0.3 is 9.64 Å². The highest BCUT2D eigenvalue weighted by atomic mass is 32.2. The van der Waals surface area contributed by atoms with Gasteiger partial charge in [-0.3, -0.25) is 9.59 Å². The lowest BCUT2D eigenvalue weighted by atomic mass is 10.2. The van der Waals surface area contributed by atoms with E-state index >= 15 is 0 Å². The van der Waals surface area contributed by atoms with Crippen LogP contribution < -0.4 is 0 Å². The SMILES string of the molecule is CC(=O)c1ccc(S(=O)(=O)N(C)CCCC(=O)N2C[C@@H](C)O[C@H](C)C2)cc1. The third-order valence-corrected chi connectivity index (χ3v) is 6.48. The van der Waals surface area contributed by atoms with Crippen molar-refractivity contribution in [3.8, 4) is 0 Å². The van der Waals surface area contributed by atoms with Gasteiger partial charge in [0, 0.05) is 38.7 Å². The normalized spacial score (nSPS) is 20.7. The molecule has 0 unspecified atom stereocenters. The molecule has 0 saturated carbocycles. The molecule has 2 rings (SSSR count). The monoisotopic (exact) mass is 396 g/mol. The number of hydrogen-bond acceptors (Lipinski definition) is 5. The van der Waals surface area contributed by atoms with E-state index in [1.54, 1.807) is 4.90 Å². The molecule has 27 heavy (non-hydrogen) atoms. The average Bonchev–Trinajstić information content (AvgIpc) is 2.60. The van der Waals surface area contributed by atoms with Crippen molar-refractivity contribution in [3.05, 3.63) is 29.8 Å². The van der Waals surface area contributed by atoms with Crippen molar-refractivity contribution < 1.29 is 22.7 Å². The Kier molecular flexibility index (Phi) is 7.13. The fourth-order valence-corrected chi connectivity index (χ4v) is 4.36. The molecule has 1 fully saturated rings. The second kappa shape index (κ2) is 8.95. The third-order valence-electron chi connectivity index (χ3n) is 4.60. The van der Waals surface area contributed by atoms with Gasteiger partial charge in [0.2, 0.25) is 15.9 Å². The van der Waals surface area contributed by atoms with Gasteiger partial charge in [-0.2, -0.15) is 0 Å². The number of benzene rings is 1. The minimum atomic E-state index is -3.64. The first kappa shape index (κ1) is 21.5. The fourth-order valence-electron chi connectivity index (χ4n) is 3.15. The molecule has 0 bridgehead atoms. The molecule has 0 aliphatic carbocycles. The van der Waals surface area contributed by atoms with Crippen molar-refractivity contribution in [1.29, 1.82) is 0 Å². The van der Waals surface area contributed by atoms with Gasteiger partial charge in [0.15, 0.2) is 5.78 Å². The van der Waals surface area contributed by atoms with Gasteiger partial charge in [-0.15, -0.1) is 0 Å². The van der Waals surface area contributed by atoms with Gasteiger partial charge in [-0.05, 0) is 39.3 Å². The summed E-state index contributed by atoms with van der Waals surface area (Å²) in [6, 6.07) is 5.88. The average molecular weight is 397 g/mol. The van der Waals surface area contributed by atoms with Crippen LogP contribution in [0.1, 0.15) is 44.0 Å². The minimum Gasteiger partial charge on any atom is -0.372 e. The number of ether oxygens (including phenoxy) is 1. The van der Waals surface area contributed by atoms with E-state index in [1.807, 2.05) is 13.8 Å². The molecule has 1 amide bonds. The first-order valence-electron chi connectivity index (χ1n) is 9.12. The highest BCUT2D eigenvalue weighted by molar-refractivity contribution is 7.89. The number of carbonyl (C=O) groups is 2. The molecule has 1 aliphatic heterocycles. The van der Waals surface area contributed by atoms with E-state index in [-0.39, 0.29) is 35.3 Å². The Morgan fingerprint density at radius 3 is 2.22 bits per heavy atom. The Labute approximate surface area is 161 Å². The van der Waals surface area contributed by atoms with Gasteiger partial charge in [0.05, 0.1) is 17.1 Å². The predicted octanol–water partition coefficient (Wildman–Crippen LogP) is 1.93. The highest BCUT2D eigenvalue weighted by Crippen LogP contribution is 2.17. The molecule has 1 aromatic carbocycles. The quantitative estimate of drug-likeness (QED) is 0.658. The van der Waals surface area contributed by atoms with Gasteiger partial charge in [0.25, 0.3) is 0 Å². The van der Waals surface area contributed by atoms with Crippen molar-refractivity contribution in [2.45, 2.75) is 50.7 Å². The van der Waals surface area contributed by atoms with Crippen LogP contribution in [-0.2, 0) is 19.6 Å². The molecule has 7 nitrogen and oxygen atoms in total. The number of carbonyl (C=O) groups excluding carboxylic acids is 2. The number of sulfonamides is 1. The van der Waals surface area contributed by atoms with Gasteiger partial charge in [0.1, 0.15) is 0 Å². The Morgan fingerprint density at radius 2 is 1.70 bits per heavy atom. The van der Waals surface area contributed by atoms with E-state index in [2.05, 4.69) is 0 Å². The van der Waals surface area contributed by atoms with E-state index in [0.717, 1.165) is 0 Å². The largest absolute Gasteiger partial charge is 0.372 e. The Hall–Kier alpha value is -1.77. The summed E-state index contributed by atoms with van der Waals surface area (Å²) in [5.41, 5.74) is 0.469. The number of nitrogens with zero attached hydrogens (tertiary/aromatic N) is 2. The summed E-state index contributed by atoms with van der Waals surface area (Å²) in [6.45, 7) is 6.70. The first-order valence-corrected chi connectivity index (χ1v) is 10.6. The van der Waals surface area contributed by atoms with Crippen molar-refractivity contribution >= 4 is 21.7 Å². The standard InChI is InChI=1S/C19H28N2O5S/c1-14-12-21(13-15(2)26-14)19(23)6-5-11-20(4)27(24,25)18-9-7-17(8-10-18)16(3)22/h7-10,14-15H,5-6,11-13H2,1-4H3/t14-,15-/m1/s1. The van der Waals surface area contributed by atoms with E-state index < -0.39 is 10.0 Å². The number of rotatable bonds is 7. The number of hydrogen-bond donors (Lipinski definition) is 0. The Bertz CT molecular complexity index is 766. The van der Waals surface area contributed by atoms with Crippen LogP contribution in [-0.4, -0.2) is 68.2 Å². The van der Waals surface area contributed by atoms with Crippen LogP contribution in [0.5, 0.6) is 0 Å². The molecule has 0 aromatic heterocycles. The molecule has 1 saturated heterocycles. The molecule has 150 valence electrons. The summed E-state index contributed by atoms with van der Waals surface area (Å²) in [4.78, 5) is 25.6. The third kappa shape index (κ3) is 5.60. The van der Waals surface area contributed by atoms with Crippen LogP contribution in [0, 0.1) is 0 Å². The molecule has 1 aliphatic rings. The maximum atomic E-state index is 12.6. The summed E-state index contributed by atoms with van der Waals surface area (Å²) in [5, 5.41) is 0. The lowest BCUT2D eigenvalue weighted by Crippen LogP contribution is -2.48. The lowest BCUT2D eigenvalue weighted by Gasteiger charge is -2.35. The summed E-state index contributed by atoms with van der Waals surface area (Å²) in [6.07, 6.45) is 0.764. The van der Waals surface area contributed by atoms with E-state index in [4.69, 9.17) is 4.74 Å².